The molecule has 0 aromatic heterocycles. The van der Waals surface area contributed by atoms with Crippen molar-refractivity contribution in [1.29, 1.82) is 0 Å². The summed E-state index contributed by atoms with van der Waals surface area (Å²) in [5, 5.41) is 0. The second kappa shape index (κ2) is 4.56. The van der Waals surface area contributed by atoms with Gasteiger partial charge in [0.25, 0.3) is 0 Å². The molecule has 0 bridgehead atoms. The van der Waals surface area contributed by atoms with Gasteiger partial charge in [0.15, 0.2) is 0 Å². The Morgan fingerprint density at radius 2 is 2.00 bits per heavy atom. The molecule has 0 spiro atoms. The Balaban J connectivity index is 3.44. The van der Waals surface area contributed by atoms with Gasteiger partial charge in [0.2, 0.25) is 0 Å². The number of hydrogen-bond acceptors (Lipinski definition) is 2. The fourth-order valence-electron chi connectivity index (χ4n) is 0.625. The van der Waals surface area contributed by atoms with Crippen molar-refractivity contribution in [2.75, 3.05) is 13.2 Å². The van der Waals surface area contributed by atoms with E-state index in [9.17, 15) is 13.2 Å². The number of nitrogens with two attached hydrogens (primary N) is 1. The highest BCUT2D eigenvalue weighted by Gasteiger charge is 2.30. The molecule has 0 aliphatic carbocycles. The molecule has 2 N–H and O–H groups in total. The maximum absolute atomic E-state index is 11.6. The van der Waals surface area contributed by atoms with Gasteiger partial charge in [-0.3, -0.25) is 0 Å². The van der Waals surface area contributed by atoms with Crippen LogP contribution in [-0.4, -0.2) is 25.4 Å². The fraction of sp³-hybridized carbons (Fsp3) is 1.00. The van der Waals surface area contributed by atoms with Crippen LogP contribution in [0.15, 0.2) is 0 Å². The molecule has 0 heterocycles. The normalized spacial score (nSPS) is 15.0. The second-order valence-corrected chi connectivity index (χ2v) is 2.24. The highest BCUT2D eigenvalue weighted by atomic mass is 19.4. The SMILES string of the molecule is CCOCC(N)CC(F)(F)F. The predicted molar refractivity (Wildman–Crippen MR) is 35.1 cm³/mol. The summed E-state index contributed by atoms with van der Waals surface area (Å²) in [7, 11) is 0. The lowest BCUT2D eigenvalue weighted by molar-refractivity contribution is -0.141. The van der Waals surface area contributed by atoms with E-state index in [1.165, 1.54) is 0 Å². The average molecular weight is 171 g/mol. The van der Waals surface area contributed by atoms with Crippen LogP contribution in [0.1, 0.15) is 13.3 Å². The van der Waals surface area contributed by atoms with Gasteiger partial charge in [0.1, 0.15) is 0 Å². The third-order valence-corrected chi connectivity index (χ3v) is 1.03. The molecular formula is C6H12F3NO. The highest BCUT2D eigenvalue weighted by molar-refractivity contribution is 4.64. The maximum atomic E-state index is 11.6. The Morgan fingerprint density at radius 3 is 2.36 bits per heavy atom. The average Bonchev–Trinajstić information content (AvgIpc) is 1.79. The van der Waals surface area contributed by atoms with Crippen LogP contribution in [0.5, 0.6) is 0 Å². The van der Waals surface area contributed by atoms with E-state index in [2.05, 4.69) is 0 Å². The Bertz CT molecular complexity index is 104. The largest absolute Gasteiger partial charge is 0.390 e. The monoisotopic (exact) mass is 171 g/mol. The van der Waals surface area contributed by atoms with E-state index in [-0.39, 0.29) is 6.61 Å². The van der Waals surface area contributed by atoms with Gasteiger partial charge in [-0.1, -0.05) is 0 Å². The third kappa shape index (κ3) is 7.61. The van der Waals surface area contributed by atoms with Gasteiger partial charge in [0.05, 0.1) is 13.0 Å². The molecule has 0 saturated heterocycles. The van der Waals surface area contributed by atoms with Crippen LogP contribution in [0.3, 0.4) is 0 Å². The van der Waals surface area contributed by atoms with E-state index >= 15 is 0 Å². The van der Waals surface area contributed by atoms with Crippen LogP contribution in [0.25, 0.3) is 0 Å². The lowest BCUT2D eigenvalue weighted by atomic mass is 10.2. The topological polar surface area (TPSA) is 35.2 Å². The van der Waals surface area contributed by atoms with Gasteiger partial charge in [0, 0.05) is 12.6 Å². The van der Waals surface area contributed by atoms with Gasteiger partial charge in [-0.25, -0.2) is 0 Å². The number of hydrogen-bond donors (Lipinski definition) is 1. The van der Waals surface area contributed by atoms with Gasteiger partial charge in [-0.2, -0.15) is 13.2 Å². The van der Waals surface area contributed by atoms with Crippen molar-refractivity contribution >= 4 is 0 Å². The van der Waals surface area contributed by atoms with Crippen LogP contribution in [0.2, 0.25) is 0 Å². The van der Waals surface area contributed by atoms with E-state index < -0.39 is 18.6 Å². The van der Waals surface area contributed by atoms with Crippen molar-refractivity contribution in [3.8, 4) is 0 Å². The molecule has 0 aromatic rings. The molecule has 1 atom stereocenters. The number of ether oxygens (including phenoxy) is 1. The first kappa shape index (κ1) is 10.7. The molecule has 0 aromatic carbocycles. The number of halogens is 3. The molecule has 0 fully saturated rings. The Kier molecular flexibility index (Phi) is 4.44. The third-order valence-electron chi connectivity index (χ3n) is 1.03. The molecule has 0 amide bonds. The molecule has 68 valence electrons. The van der Waals surface area contributed by atoms with Gasteiger partial charge >= 0.3 is 6.18 Å². The molecule has 0 radical (unpaired) electrons. The molecule has 11 heavy (non-hydrogen) atoms. The van der Waals surface area contributed by atoms with Crippen molar-refractivity contribution in [2.24, 2.45) is 5.73 Å². The summed E-state index contributed by atoms with van der Waals surface area (Å²) < 4.78 is 39.5. The van der Waals surface area contributed by atoms with Crippen LogP contribution in [0, 0.1) is 0 Å². The minimum atomic E-state index is -4.18. The number of rotatable bonds is 4. The van der Waals surface area contributed by atoms with Crippen LogP contribution in [-0.2, 0) is 4.74 Å². The summed E-state index contributed by atoms with van der Waals surface area (Å²) in [5.41, 5.74) is 5.10. The summed E-state index contributed by atoms with van der Waals surface area (Å²) in [5.74, 6) is 0. The Hall–Kier alpha value is -0.290. The lowest BCUT2D eigenvalue weighted by Gasteiger charge is -2.13. The molecule has 0 aliphatic heterocycles. The molecule has 2 nitrogen and oxygen atoms in total. The van der Waals surface area contributed by atoms with Crippen molar-refractivity contribution in [1.82, 2.24) is 0 Å². The molecule has 0 saturated carbocycles. The van der Waals surface area contributed by atoms with Crippen LogP contribution in [0.4, 0.5) is 13.2 Å². The van der Waals surface area contributed by atoms with Gasteiger partial charge in [-0.15, -0.1) is 0 Å². The van der Waals surface area contributed by atoms with Crippen molar-refractivity contribution < 1.29 is 17.9 Å². The summed E-state index contributed by atoms with van der Waals surface area (Å²) in [6, 6.07) is -0.935. The molecule has 1 unspecified atom stereocenters. The van der Waals surface area contributed by atoms with Crippen molar-refractivity contribution in [2.45, 2.75) is 25.6 Å². The van der Waals surface area contributed by atoms with E-state index in [0.717, 1.165) is 0 Å². The standard InChI is InChI=1S/C6H12F3NO/c1-2-11-4-5(10)3-6(7,8)9/h5H,2-4,10H2,1H3. The molecule has 0 rings (SSSR count). The lowest BCUT2D eigenvalue weighted by Crippen LogP contribution is -2.31. The Labute approximate surface area is 63.5 Å². The molecule has 5 heteroatoms. The Morgan fingerprint density at radius 1 is 1.45 bits per heavy atom. The summed E-state index contributed by atoms with van der Waals surface area (Å²) in [6.07, 6.45) is -5.16. The molecular weight excluding hydrogens is 159 g/mol. The molecule has 0 aliphatic rings. The van der Waals surface area contributed by atoms with E-state index in [0.29, 0.717) is 6.61 Å². The van der Waals surface area contributed by atoms with Crippen LogP contribution < -0.4 is 5.73 Å². The van der Waals surface area contributed by atoms with Gasteiger partial charge in [-0.05, 0) is 6.92 Å². The fourth-order valence-corrected chi connectivity index (χ4v) is 0.625. The first-order valence-electron chi connectivity index (χ1n) is 3.35. The minimum Gasteiger partial charge on any atom is -0.380 e. The first-order valence-corrected chi connectivity index (χ1v) is 3.35. The highest BCUT2D eigenvalue weighted by Crippen LogP contribution is 2.20. The van der Waals surface area contributed by atoms with Crippen LogP contribution >= 0.6 is 0 Å². The quantitative estimate of drug-likeness (QED) is 0.692. The first-order chi connectivity index (χ1) is 4.95. The zero-order valence-electron chi connectivity index (χ0n) is 6.32. The maximum Gasteiger partial charge on any atom is 0.390 e. The number of alkyl halides is 3. The van der Waals surface area contributed by atoms with E-state index in [4.69, 9.17) is 10.5 Å². The zero-order valence-corrected chi connectivity index (χ0v) is 6.32. The van der Waals surface area contributed by atoms with E-state index in [1.807, 2.05) is 0 Å². The smallest absolute Gasteiger partial charge is 0.380 e. The summed E-state index contributed by atoms with van der Waals surface area (Å²) in [6.45, 7) is 2.07. The van der Waals surface area contributed by atoms with Crippen molar-refractivity contribution in [3.05, 3.63) is 0 Å². The summed E-state index contributed by atoms with van der Waals surface area (Å²) >= 11 is 0. The van der Waals surface area contributed by atoms with Gasteiger partial charge < -0.3 is 10.5 Å². The zero-order chi connectivity index (χ0) is 8.91. The van der Waals surface area contributed by atoms with E-state index in [1.54, 1.807) is 6.92 Å². The summed E-state index contributed by atoms with van der Waals surface area (Å²) in [4.78, 5) is 0. The minimum absolute atomic E-state index is 0.0317. The second-order valence-electron chi connectivity index (χ2n) is 2.24. The predicted octanol–water partition coefficient (Wildman–Crippen LogP) is 1.30. The van der Waals surface area contributed by atoms with Crippen molar-refractivity contribution in [3.63, 3.8) is 0 Å².